The lowest BCUT2D eigenvalue weighted by Crippen LogP contribution is -2.47. The molecular weight excluding hydrogens is 392 g/mol. The van der Waals surface area contributed by atoms with Crippen molar-refractivity contribution >= 4 is 11.8 Å². The van der Waals surface area contributed by atoms with Gasteiger partial charge in [-0.1, -0.05) is 37.6 Å². The van der Waals surface area contributed by atoms with Crippen molar-refractivity contribution in [2.75, 3.05) is 26.8 Å². The van der Waals surface area contributed by atoms with E-state index in [4.69, 9.17) is 9.47 Å². The van der Waals surface area contributed by atoms with Gasteiger partial charge < -0.3 is 19.7 Å². The lowest BCUT2D eigenvalue weighted by molar-refractivity contribution is -0.131. The minimum absolute atomic E-state index is 0.00371. The molecule has 1 aliphatic heterocycles. The van der Waals surface area contributed by atoms with Crippen LogP contribution in [0.3, 0.4) is 0 Å². The van der Waals surface area contributed by atoms with Crippen molar-refractivity contribution in [3.05, 3.63) is 59.7 Å². The predicted molar refractivity (Wildman–Crippen MR) is 120 cm³/mol. The minimum atomic E-state index is -0.124. The summed E-state index contributed by atoms with van der Waals surface area (Å²) in [4.78, 5) is 26.7. The molecule has 1 fully saturated rings. The fourth-order valence-corrected chi connectivity index (χ4v) is 3.76. The molecule has 0 saturated carbocycles. The molecule has 31 heavy (non-hydrogen) atoms. The van der Waals surface area contributed by atoms with Gasteiger partial charge in [0.1, 0.15) is 11.5 Å². The fourth-order valence-electron chi connectivity index (χ4n) is 3.76. The Morgan fingerprint density at radius 2 is 1.58 bits per heavy atom. The molecule has 6 heteroatoms. The first-order valence-corrected chi connectivity index (χ1v) is 11.0. The number of amides is 2. The summed E-state index contributed by atoms with van der Waals surface area (Å²) in [6.45, 7) is 3.46. The lowest BCUT2D eigenvalue weighted by atomic mass is 10.0. The van der Waals surface area contributed by atoms with E-state index in [1.807, 2.05) is 53.4 Å². The van der Waals surface area contributed by atoms with Crippen LogP contribution in [-0.2, 0) is 22.4 Å². The summed E-state index contributed by atoms with van der Waals surface area (Å²) in [5.41, 5.74) is 2.24. The standard InChI is InChI=1S/C25H32N2O4/c1-3-4-19-5-11-23(12-6-19)31-18-24(28)26-21-13-15-27(16-14-21)25(29)17-20-7-9-22(30-2)10-8-20/h5-12,21H,3-4,13-18H2,1-2H3,(H,26,28). The second-order valence-corrected chi connectivity index (χ2v) is 7.93. The number of hydrogen-bond donors (Lipinski definition) is 1. The zero-order valence-corrected chi connectivity index (χ0v) is 18.4. The van der Waals surface area contributed by atoms with Gasteiger partial charge in [0, 0.05) is 19.1 Å². The molecule has 6 nitrogen and oxygen atoms in total. The molecule has 0 unspecified atom stereocenters. The molecule has 0 aromatic heterocycles. The number of ether oxygens (including phenoxy) is 2. The Balaban J connectivity index is 1.36. The summed E-state index contributed by atoms with van der Waals surface area (Å²) >= 11 is 0. The number of methoxy groups -OCH3 is 1. The normalized spacial score (nSPS) is 14.2. The Labute approximate surface area is 184 Å². The molecular formula is C25H32N2O4. The average Bonchev–Trinajstić information content (AvgIpc) is 2.80. The number of piperidine rings is 1. The Morgan fingerprint density at radius 1 is 0.968 bits per heavy atom. The number of rotatable bonds is 9. The van der Waals surface area contributed by atoms with Gasteiger partial charge in [-0.15, -0.1) is 0 Å². The molecule has 1 heterocycles. The zero-order chi connectivity index (χ0) is 22.1. The first-order valence-electron chi connectivity index (χ1n) is 11.0. The third-order valence-corrected chi connectivity index (χ3v) is 5.56. The molecule has 0 atom stereocenters. The fraction of sp³-hybridized carbons (Fsp3) is 0.440. The number of benzene rings is 2. The number of hydrogen-bond acceptors (Lipinski definition) is 4. The van der Waals surface area contributed by atoms with E-state index in [1.54, 1.807) is 7.11 Å². The van der Waals surface area contributed by atoms with Crippen LogP contribution < -0.4 is 14.8 Å². The van der Waals surface area contributed by atoms with E-state index in [9.17, 15) is 9.59 Å². The zero-order valence-electron chi connectivity index (χ0n) is 18.4. The lowest BCUT2D eigenvalue weighted by Gasteiger charge is -2.32. The van der Waals surface area contributed by atoms with Gasteiger partial charge in [-0.2, -0.15) is 0 Å². The Bertz CT molecular complexity index is 841. The van der Waals surface area contributed by atoms with E-state index in [0.29, 0.717) is 25.3 Å². The summed E-state index contributed by atoms with van der Waals surface area (Å²) in [6.07, 6.45) is 4.04. The highest BCUT2D eigenvalue weighted by molar-refractivity contribution is 5.79. The number of nitrogens with zero attached hydrogens (tertiary/aromatic N) is 1. The van der Waals surface area contributed by atoms with Crippen molar-refractivity contribution in [3.63, 3.8) is 0 Å². The van der Waals surface area contributed by atoms with Crippen LogP contribution in [0, 0.1) is 0 Å². The molecule has 1 N–H and O–H groups in total. The number of aryl methyl sites for hydroxylation is 1. The Kier molecular flexibility index (Phi) is 8.33. The number of carbonyl (C=O) groups is 2. The third-order valence-electron chi connectivity index (χ3n) is 5.56. The molecule has 0 radical (unpaired) electrons. The summed E-state index contributed by atoms with van der Waals surface area (Å²) in [7, 11) is 1.62. The molecule has 1 saturated heterocycles. The van der Waals surface area contributed by atoms with Crippen molar-refractivity contribution in [1.82, 2.24) is 10.2 Å². The monoisotopic (exact) mass is 424 g/mol. The van der Waals surface area contributed by atoms with Crippen LogP contribution in [0.15, 0.2) is 48.5 Å². The smallest absolute Gasteiger partial charge is 0.258 e. The van der Waals surface area contributed by atoms with Gasteiger partial charge in [0.05, 0.1) is 13.5 Å². The maximum absolute atomic E-state index is 12.6. The Hall–Kier alpha value is -3.02. The summed E-state index contributed by atoms with van der Waals surface area (Å²) in [5.74, 6) is 1.48. The average molecular weight is 425 g/mol. The van der Waals surface area contributed by atoms with Gasteiger partial charge in [0.2, 0.25) is 5.91 Å². The van der Waals surface area contributed by atoms with Crippen LogP contribution in [0.4, 0.5) is 0 Å². The summed E-state index contributed by atoms with van der Waals surface area (Å²) < 4.78 is 10.8. The quantitative estimate of drug-likeness (QED) is 0.670. The molecule has 2 aromatic carbocycles. The second kappa shape index (κ2) is 11.4. The summed E-state index contributed by atoms with van der Waals surface area (Å²) in [5, 5.41) is 3.03. The van der Waals surface area contributed by atoms with Crippen LogP contribution >= 0.6 is 0 Å². The van der Waals surface area contributed by atoms with Crippen molar-refractivity contribution in [2.45, 2.75) is 45.1 Å². The van der Waals surface area contributed by atoms with Gasteiger partial charge in [0.15, 0.2) is 6.61 Å². The predicted octanol–water partition coefficient (Wildman–Crippen LogP) is 3.38. The second-order valence-electron chi connectivity index (χ2n) is 7.93. The van der Waals surface area contributed by atoms with Gasteiger partial charge in [0.25, 0.3) is 5.91 Å². The van der Waals surface area contributed by atoms with E-state index in [0.717, 1.165) is 37.0 Å². The van der Waals surface area contributed by atoms with E-state index in [2.05, 4.69) is 12.2 Å². The molecule has 0 spiro atoms. The maximum atomic E-state index is 12.6. The molecule has 2 amide bonds. The SMILES string of the molecule is CCCc1ccc(OCC(=O)NC2CCN(C(=O)Cc3ccc(OC)cc3)CC2)cc1. The molecule has 0 aliphatic carbocycles. The van der Waals surface area contributed by atoms with Crippen molar-refractivity contribution in [1.29, 1.82) is 0 Å². The molecule has 1 aliphatic rings. The molecule has 0 bridgehead atoms. The van der Waals surface area contributed by atoms with E-state index >= 15 is 0 Å². The topological polar surface area (TPSA) is 67.9 Å². The van der Waals surface area contributed by atoms with Gasteiger partial charge >= 0.3 is 0 Å². The highest BCUT2D eigenvalue weighted by Crippen LogP contribution is 2.16. The first kappa shape index (κ1) is 22.7. The van der Waals surface area contributed by atoms with E-state index in [-0.39, 0.29) is 24.5 Å². The maximum Gasteiger partial charge on any atom is 0.258 e. The van der Waals surface area contributed by atoms with Gasteiger partial charge in [-0.25, -0.2) is 0 Å². The van der Waals surface area contributed by atoms with Crippen LogP contribution in [0.5, 0.6) is 11.5 Å². The van der Waals surface area contributed by atoms with E-state index < -0.39 is 0 Å². The number of nitrogens with one attached hydrogen (secondary N) is 1. The third kappa shape index (κ3) is 7.02. The largest absolute Gasteiger partial charge is 0.497 e. The van der Waals surface area contributed by atoms with Crippen LogP contribution in [0.25, 0.3) is 0 Å². The van der Waals surface area contributed by atoms with Crippen molar-refractivity contribution in [3.8, 4) is 11.5 Å². The van der Waals surface area contributed by atoms with Crippen LogP contribution in [0.2, 0.25) is 0 Å². The number of likely N-dealkylation sites (tertiary alicyclic amines) is 1. The highest BCUT2D eigenvalue weighted by atomic mass is 16.5. The first-order chi connectivity index (χ1) is 15.1. The number of carbonyl (C=O) groups excluding carboxylic acids is 2. The molecule has 3 rings (SSSR count). The molecule has 2 aromatic rings. The van der Waals surface area contributed by atoms with Crippen molar-refractivity contribution in [2.24, 2.45) is 0 Å². The summed E-state index contributed by atoms with van der Waals surface area (Å²) in [6, 6.07) is 15.5. The van der Waals surface area contributed by atoms with Gasteiger partial charge in [-0.3, -0.25) is 9.59 Å². The Morgan fingerprint density at radius 3 is 2.19 bits per heavy atom. The van der Waals surface area contributed by atoms with Crippen LogP contribution in [0.1, 0.15) is 37.3 Å². The minimum Gasteiger partial charge on any atom is -0.497 e. The van der Waals surface area contributed by atoms with Crippen LogP contribution in [-0.4, -0.2) is 49.6 Å². The van der Waals surface area contributed by atoms with Crippen molar-refractivity contribution < 1.29 is 19.1 Å². The highest BCUT2D eigenvalue weighted by Gasteiger charge is 2.24. The van der Waals surface area contributed by atoms with E-state index in [1.165, 1.54) is 5.56 Å². The molecule has 166 valence electrons. The van der Waals surface area contributed by atoms with Gasteiger partial charge in [-0.05, 0) is 54.7 Å².